The van der Waals surface area contributed by atoms with Gasteiger partial charge in [-0.15, -0.1) is 0 Å². The van der Waals surface area contributed by atoms with Gasteiger partial charge in [0.15, 0.2) is 0 Å². The van der Waals surface area contributed by atoms with Gasteiger partial charge in [-0.2, -0.15) is 0 Å². The highest BCUT2D eigenvalue weighted by atomic mass is 16.5. The highest BCUT2D eigenvalue weighted by molar-refractivity contribution is 5.81. The summed E-state index contributed by atoms with van der Waals surface area (Å²) in [5.74, 6) is 0.0692. The lowest BCUT2D eigenvalue weighted by molar-refractivity contribution is -0.130. The third-order valence-electron chi connectivity index (χ3n) is 4.52. The second-order valence-corrected chi connectivity index (χ2v) is 5.72. The molecule has 0 bridgehead atoms. The number of carbonyl (C=O) groups excluding carboxylic acids is 1. The van der Waals surface area contributed by atoms with Crippen molar-refractivity contribution in [2.45, 2.75) is 43.6 Å². The van der Waals surface area contributed by atoms with Crippen LogP contribution in [-0.4, -0.2) is 25.2 Å². The summed E-state index contributed by atoms with van der Waals surface area (Å²) in [6.07, 6.45) is 5.25. The number of amides is 1. The first-order valence-corrected chi connectivity index (χ1v) is 7.25. The van der Waals surface area contributed by atoms with Crippen LogP contribution in [-0.2, 0) is 14.9 Å². The Morgan fingerprint density at radius 3 is 2.63 bits per heavy atom. The smallest absolute Gasteiger partial charge is 0.249 e. The summed E-state index contributed by atoms with van der Waals surface area (Å²) in [5.41, 5.74) is 1.52. The first-order chi connectivity index (χ1) is 9.30. The molecule has 2 fully saturated rings. The summed E-state index contributed by atoms with van der Waals surface area (Å²) in [6.45, 7) is 1.47. The first kappa shape index (κ1) is 12.7. The van der Waals surface area contributed by atoms with Crippen LogP contribution in [0, 0.1) is 0 Å². The molecule has 0 aromatic heterocycles. The molecule has 1 aromatic rings. The molecule has 1 amide bonds. The molecule has 0 radical (unpaired) electrons. The highest BCUT2D eigenvalue weighted by Crippen LogP contribution is 2.43. The Labute approximate surface area is 114 Å². The minimum Gasteiger partial charge on any atom is -0.368 e. The number of rotatable bonds is 4. The first-order valence-electron chi connectivity index (χ1n) is 7.25. The van der Waals surface area contributed by atoms with Crippen LogP contribution in [0.5, 0.6) is 0 Å². The molecule has 3 heteroatoms. The van der Waals surface area contributed by atoms with E-state index in [0.29, 0.717) is 0 Å². The fourth-order valence-electron chi connectivity index (χ4n) is 3.12. The number of benzene rings is 1. The SMILES string of the molecule is O=C(NCC1(c2ccccc2)CCC1)C1CCCO1. The summed E-state index contributed by atoms with van der Waals surface area (Å²) in [5, 5.41) is 3.10. The van der Waals surface area contributed by atoms with Crippen LogP contribution in [0.15, 0.2) is 30.3 Å². The number of carbonyl (C=O) groups is 1. The van der Waals surface area contributed by atoms with E-state index in [2.05, 4.69) is 29.6 Å². The molecular weight excluding hydrogens is 238 g/mol. The van der Waals surface area contributed by atoms with Gasteiger partial charge in [-0.05, 0) is 31.2 Å². The van der Waals surface area contributed by atoms with E-state index in [1.807, 2.05) is 6.07 Å². The van der Waals surface area contributed by atoms with Gasteiger partial charge in [-0.25, -0.2) is 0 Å². The summed E-state index contributed by atoms with van der Waals surface area (Å²) in [6, 6.07) is 10.6. The van der Waals surface area contributed by atoms with Crippen molar-refractivity contribution in [2.75, 3.05) is 13.2 Å². The van der Waals surface area contributed by atoms with Crippen LogP contribution < -0.4 is 5.32 Å². The third-order valence-corrected chi connectivity index (χ3v) is 4.52. The van der Waals surface area contributed by atoms with Crippen molar-refractivity contribution in [3.8, 4) is 0 Å². The molecule has 1 heterocycles. The van der Waals surface area contributed by atoms with Crippen LogP contribution in [0.25, 0.3) is 0 Å². The molecule has 2 aliphatic rings. The quantitative estimate of drug-likeness (QED) is 0.901. The van der Waals surface area contributed by atoms with Gasteiger partial charge in [0.1, 0.15) is 6.10 Å². The summed E-state index contributed by atoms with van der Waals surface area (Å²) in [4.78, 5) is 12.0. The minimum atomic E-state index is -0.215. The van der Waals surface area contributed by atoms with Gasteiger partial charge >= 0.3 is 0 Å². The van der Waals surface area contributed by atoms with Crippen molar-refractivity contribution < 1.29 is 9.53 Å². The Morgan fingerprint density at radius 1 is 1.26 bits per heavy atom. The molecule has 0 spiro atoms. The van der Waals surface area contributed by atoms with E-state index in [4.69, 9.17) is 4.74 Å². The van der Waals surface area contributed by atoms with E-state index in [-0.39, 0.29) is 17.4 Å². The van der Waals surface area contributed by atoms with Gasteiger partial charge in [0.2, 0.25) is 5.91 Å². The van der Waals surface area contributed by atoms with Crippen LogP contribution >= 0.6 is 0 Å². The van der Waals surface area contributed by atoms with E-state index in [0.717, 1.165) is 26.0 Å². The lowest BCUT2D eigenvalue weighted by Crippen LogP contribution is -2.47. The number of ether oxygens (including phenoxy) is 1. The molecule has 1 atom stereocenters. The minimum absolute atomic E-state index is 0.0692. The second-order valence-electron chi connectivity index (χ2n) is 5.72. The van der Waals surface area contributed by atoms with E-state index in [1.165, 1.54) is 24.8 Å². The Balaban J connectivity index is 1.62. The standard InChI is InChI=1S/C16H21NO2/c18-15(14-8-4-11-19-14)17-12-16(9-5-10-16)13-6-2-1-3-7-13/h1-3,6-7,14H,4-5,8-12H2,(H,17,18). The summed E-state index contributed by atoms with van der Waals surface area (Å²) in [7, 11) is 0. The largest absolute Gasteiger partial charge is 0.368 e. The molecule has 1 unspecified atom stereocenters. The molecule has 1 saturated heterocycles. The Hall–Kier alpha value is -1.35. The topological polar surface area (TPSA) is 38.3 Å². The normalized spacial score (nSPS) is 24.7. The van der Waals surface area contributed by atoms with Gasteiger partial charge in [0, 0.05) is 18.6 Å². The number of nitrogens with one attached hydrogen (secondary N) is 1. The molecule has 3 nitrogen and oxygen atoms in total. The highest BCUT2D eigenvalue weighted by Gasteiger charge is 2.39. The van der Waals surface area contributed by atoms with E-state index >= 15 is 0 Å². The predicted octanol–water partition coefficient (Wildman–Crippen LogP) is 2.40. The Kier molecular flexibility index (Phi) is 3.56. The van der Waals surface area contributed by atoms with Crippen LogP contribution in [0.3, 0.4) is 0 Å². The van der Waals surface area contributed by atoms with Crippen molar-refractivity contribution in [1.29, 1.82) is 0 Å². The lowest BCUT2D eigenvalue weighted by atomic mass is 9.64. The molecule has 19 heavy (non-hydrogen) atoms. The molecule has 1 aliphatic heterocycles. The average molecular weight is 259 g/mol. The average Bonchev–Trinajstić information content (AvgIpc) is 2.92. The van der Waals surface area contributed by atoms with E-state index in [1.54, 1.807) is 0 Å². The van der Waals surface area contributed by atoms with Crippen LogP contribution in [0.4, 0.5) is 0 Å². The van der Waals surface area contributed by atoms with Crippen molar-refractivity contribution >= 4 is 5.91 Å². The van der Waals surface area contributed by atoms with Crippen LogP contribution in [0.2, 0.25) is 0 Å². The maximum atomic E-state index is 12.0. The van der Waals surface area contributed by atoms with Gasteiger partial charge in [-0.3, -0.25) is 4.79 Å². The van der Waals surface area contributed by atoms with Gasteiger partial charge in [0.05, 0.1) is 0 Å². The maximum absolute atomic E-state index is 12.0. The molecule has 1 N–H and O–H groups in total. The molecule has 1 aromatic carbocycles. The summed E-state index contributed by atoms with van der Waals surface area (Å²) >= 11 is 0. The molecule has 1 saturated carbocycles. The van der Waals surface area contributed by atoms with Gasteiger partial charge in [-0.1, -0.05) is 36.8 Å². The van der Waals surface area contributed by atoms with Gasteiger partial charge < -0.3 is 10.1 Å². The molecule has 3 rings (SSSR count). The zero-order chi connectivity index (χ0) is 13.1. The Morgan fingerprint density at radius 2 is 2.05 bits per heavy atom. The van der Waals surface area contributed by atoms with E-state index < -0.39 is 0 Å². The molecule has 102 valence electrons. The number of hydrogen-bond acceptors (Lipinski definition) is 2. The van der Waals surface area contributed by atoms with Crippen molar-refractivity contribution in [3.05, 3.63) is 35.9 Å². The van der Waals surface area contributed by atoms with Crippen molar-refractivity contribution in [3.63, 3.8) is 0 Å². The van der Waals surface area contributed by atoms with Crippen molar-refractivity contribution in [1.82, 2.24) is 5.32 Å². The van der Waals surface area contributed by atoms with E-state index in [9.17, 15) is 4.79 Å². The zero-order valence-electron chi connectivity index (χ0n) is 11.2. The predicted molar refractivity (Wildman–Crippen MR) is 74.0 cm³/mol. The Bertz CT molecular complexity index is 433. The molecular formula is C16H21NO2. The number of hydrogen-bond donors (Lipinski definition) is 1. The fourth-order valence-corrected chi connectivity index (χ4v) is 3.12. The molecule has 1 aliphatic carbocycles. The monoisotopic (exact) mass is 259 g/mol. The lowest BCUT2D eigenvalue weighted by Gasteiger charge is -2.42. The fraction of sp³-hybridized carbons (Fsp3) is 0.562. The zero-order valence-corrected chi connectivity index (χ0v) is 11.2. The second kappa shape index (κ2) is 5.33. The van der Waals surface area contributed by atoms with Gasteiger partial charge in [0.25, 0.3) is 0 Å². The third kappa shape index (κ3) is 2.52. The van der Waals surface area contributed by atoms with Crippen LogP contribution in [0.1, 0.15) is 37.7 Å². The summed E-state index contributed by atoms with van der Waals surface area (Å²) < 4.78 is 5.43. The van der Waals surface area contributed by atoms with Crippen molar-refractivity contribution in [2.24, 2.45) is 0 Å². The maximum Gasteiger partial charge on any atom is 0.249 e.